The van der Waals surface area contributed by atoms with E-state index in [4.69, 9.17) is 9.05 Å². The first kappa shape index (κ1) is 83.0. The van der Waals surface area contributed by atoms with Gasteiger partial charge in [-0.25, -0.2) is 4.57 Å². The minimum absolute atomic E-state index is 0.0592. The third kappa shape index (κ3) is 68.5. The van der Waals surface area contributed by atoms with E-state index in [2.05, 4.69) is 31.3 Å². The Morgan fingerprint density at radius 3 is 0.952 bits per heavy atom. The maximum absolute atomic E-state index is 13.1. The van der Waals surface area contributed by atoms with Crippen LogP contribution in [0.4, 0.5) is 0 Å². The zero-order valence-corrected chi connectivity index (χ0v) is 58.3. The van der Waals surface area contributed by atoms with Crippen LogP contribution in [0.25, 0.3) is 0 Å². The SMILES string of the molecule is CCCCCCCCCCCCCCCCCCCCCCC/C=C/CC/C=C/C(O)C(COP(=O)(O)OCC[N+](C)(C)C)NC(=O)CCCCCCCCCCCCCCCCCCCCCCCCCCCCCCCCCCCCC. The number of carbonyl (C=O) groups is 1. The highest BCUT2D eigenvalue weighted by atomic mass is 31.2. The minimum atomic E-state index is -4.36. The largest absolute Gasteiger partial charge is 0.472 e. The second-order valence-electron chi connectivity index (χ2n) is 27.4. The van der Waals surface area contributed by atoms with Gasteiger partial charge in [-0.15, -0.1) is 0 Å². The maximum atomic E-state index is 13.1. The van der Waals surface area contributed by atoms with Crippen LogP contribution in [0, 0.1) is 0 Å². The highest BCUT2D eigenvalue weighted by molar-refractivity contribution is 7.47. The number of phosphoric ester groups is 1. The molecule has 9 heteroatoms. The number of unbranched alkanes of at least 4 members (excludes halogenated alkanes) is 56. The van der Waals surface area contributed by atoms with Crippen LogP contribution in [0.1, 0.15) is 399 Å². The number of hydrogen-bond donors (Lipinski definition) is 3. The molecule has 0 aromatic rings. The van der Waals surface area contributed by atoms with E-state index in [0.717, 1.165) is 38.5 Å². The first-order valence-electron chi connectivity index (χ1n) is 37.7. The average Bonchev–Trinajstić information content (AvgIpc) is 3.56. The van der Waals surface area contributed by atoms with Crippen LogP contribution in [0.3, 0.4) is 0 Å². The molecule has 0 saturated heterocycles. The van der Waals surface area contributed by atoms with Crippen molar-refractivity contribution in [3.8, 4) is 0 Å². The maximum Gasteiger partial charge on any atom is 0.472 e. The van der Waals surface area contributed by atoms with Crippen molar-refractivity contribution in [3.63, 3.8) is 0 Å². The lowest BCUT2D eigenvalue weighted by Gasteiger charge is -2.25. The predicted octanol–water partition coefficient (Wildman–Crippen LogP) is 24.2. The fourth-order valence-electron chi connectivity index (χ4n) is 11.8. The molecule has 0 aromatic heterocycles. The van der Waals surface area contributed by atoms with Crippen molar-refractivity contribution in [3.05, 3.63) is 24.3 Å². The summed E-state index contributed by atoms with van der Waals surface area (Å²) < 4.78 is 23.8. The summed E-state index contributed by atoms with van der Waals surface area (Å²) in [6.45, 7) is 4.87. The van der Waals surface area contributed by atoms with Crippen molar-refractivity contribution in [1.82, 2.24) is 5.32 Å². The van der Waals surface area contributed by atoms with Crippen molar-refractivity contribution in [2.24, 2.45) is 0 Å². The molecule has 0 saturated carbocycles. The van der Waals surface area contributed by atoms with Gasteiger partial charge in [0.15, 0.2) is 0 Å². The smallest absolute Gasteiger partial charge is 0.387 e. The Morgan fingerprint density at radius 2 is 0.655 bits per heavy atom. The molecule has 3 N–H and O–H groups in total. The van der Waals surface area contributed by atoms with E-state index in [1.165, 1.54) is 340 Å². The highest BCUT2D eigenvalue weighted by Crippen LogP contribution is 2.43. The first-order chi connectivity index (χ1) is 41.0. The van der Waals surface area contributed by atoms with Gasteiger partial charge < -0.3 is 19.8 Å². The lowest BCUT2D eigenvalue weighted by Crippen LogP contribution is -2.45. The normalized spacial score (nSPS) is 13.7. The number of phosphoric acid groups is 1. The number of quaternary nitrogens is 1. The molecule has 0 rings (SSSR count). The summed E-state index contributed by atoms with van der Waals surface area (Å²) >= 11 is 0. The molecule has 0 aliphatic carbocycles. The summed E-state index contributed by atoms with van der Waals surface area (Å²) in [4.78, 5) is 23.4. The fraction of sp³-hybridized carbons (Fsp3) is 0.933. The van der Waals surface area contributed by atoms with Crippen LogP contribution in [-0.2, 0) is 18.4 Å². The van der Waals surface area contributed by atoms with E-state index in [1.807, 2.05) is 27.2 Å². The number of likely N-dealkylation sites (N-methyl/N-ethyl adjacent to an activating group) is 1. The summed E-state index contributed by atoms with van der Waals surface area (Å²) in [5, 5.41) is 14.0. The number of amides is 1. The van der Waals surface area contributed by atoms with Crippen LogP contribution in [0.15, 0.2) is 24.3 Å². The summed E-state index contributed by atoms with van der Waals surface area (Å²) in [6, 6.07) is -0.862. The van der Waals surface area contributed by atoms with Gasteiger partial charge in [0.05, 0.1) is 39.9 Å². The highest BCUT2D eigenvalue weighted by Gasteiger charge is 2.28. The van der Waals surface area contributed by atoms with Gasteiger partial charge in [0.25, 0.3) is 0 Å². The van der Waals surface area contributed by atoms with Crippen molar-refractivity contribution in [2.75, 3.05) is 40.9 Å². The van der Waals surface area contributed by atoms with Gasteiger partial charge in [-0.05, 0) is 32.1 Å². The Bertz CT molecular complexity index is 1420. The van der Waals surface area contributed by atoms with Gasteiger partial charge in [0, 0.05) is 6.42 Å². The predicted molar refractivity (Wildman–Crippen MR) is 369 cm³/mol. The molecule has 0 heterocycles. The van der Waals surface area contributed by atoms with Crippen LogP contribution < -0.4 is 5.32 Å². The molecule has 1 amide bonds. The van der Waals surface area contributed by atoms with E-state index in [1.54, 1.807) is 6.08 Å². The van der Waals surface area contributed by atoms with Crippen molar-refractivity contribution < 1.29 is 32.9 Å². The number of carbonyl (C=O) groups excluding carboxylic acids is 1. The van der Waals surface area contributed by atoms with Gasteiger partial charge in [0.1, 0.15) is 13.2 Å². The lowest BCUT2D eigenvalue weighted by molar-refractivity contribution is -0.870. The molecule has 84 heavy (non-hydrogen) atoms. The average molecular weight is 1210 g/mol. The molecular formula is C75H150N2O6P+. The monoisotopic (exact) mass is 1210 g/mol. The first-order valence-corrected chi connectivity index (χ1v) is 39.2. The van der Waals surface area contributed by atoms with Crippen LogP contribution in [-0.4, -0.2) is 73.4 Å². The number of rotatable bonds is 71. The van der Waals surface area contributed by atoms with Gasteiger partial charge in [-0.3, -0.25) is 13.8 Å². The Balaban J connectivity index is 3.99. The van der Waals surface area contributed by atoms with E-state index in [0.29, 0.717) is 17.4 Å². The van der Waals surface area contributed by atoms with Crippen molar-refractivity contribution in [1.29, 1.82) is 0 Å². The van der Waals surface area contributed by atoms with Crippen LogP contribution >= 0.6 is 7.82 Å². The third-order valence-electron chi connectivity index (χ3n) is 17.7. The van der Waals surface area contributed by atoms with Crippen LogP contribution in [0.5, 0.6) is 0 Å². The Hall–Kier alpha value is -1.02. The lowest BCUT2D eigenvalue weighted by atomic mass is 10.0. The number of aliphatic hydroxyl groups is 1. The number of nitrogens with zero attached hydrogens (tertiary/aromatic N) is 1. The zero-order chi connectivity index (χ0) is 61.2. The molecule has 0 fully saturated rings. The summed E-state index contributed by atoms with van der Waals surface area (Å²) in [5.41, 5.74) is 0. The van der Waals surface area contributed by atoms with E-state index < -0.39 is 20.0 Å². The quantitative estimate of drug-likeness (QED) is 0.0243. The Kier molecular flexibility index (Phi) is 65.6. The molecule has 0 bridgehead atoms. The fourth-order valence-corrected chi connectivity index (χ4v) is 12.6. The summed E-state index contributed by atoms with van der Waals surface area (Å²) in [5.74, 6) is -0.177. The van der Waals surface area contributed by atoms with Gasteiger partial charge >= 0.3 is 7.82 Å². The second-order valence-corrected chi connectivity index (χ2v) is 28.8. The molecule has 0 spiro atoms. The van der Waals surface area contributed by atoms with Crippen LogP contribution in [0.2, 0.25) is 0 Å². The molecule has 0 aliphatic rings. The van der Waals surface area contributed by atoms with E-state index >= 15 is 0 Å². The molecule has 0 aromatic carbocycles. The van der Waals surface area contributed by atoms with Gasteiger partial charge in [-0.1, -0.05) is 385 Å². The zero-order valence-electron chi connectivity index (χ0n) is 57.4. The molecule has 3 unspecified atom stereocenters. The summed E-state index contributed by atoms with van der Waals surface area (Å²) in [6.07, 6.45) is 87.9. The molecule has 0 aliphatic heterocycles. The summed E-state index contributed by atoms with van der Waals surface area (Å²) in [7, 11) is 1.58. The van der Waals surface area contributed by atoms with E-state index in [9.17, 15) is 19.4 Å². The van der Waals surface area contributed by atoms with Crippen molar-refractivity contribution >= 4 is 13.7 Å². The second kappa shape index (κ2) is 66.4. The number of hydrogen-bond acceptors (Lipinski definition) is 5. The number of allylic oxidation sites excluding steroid dienone is 3. The van der Waals surface area contributed by atoms with Crippen molar-refractivity contribution in [2.45, 2.75) is 411 Å². The number of aliphatic hydroxyl groups excluding tert-OH is 1. The number of nitrogens with one attached hydrogen (secondary N) is 1. The minimum Gasteiger partial charge on any atom is -0.387 e. The molecular weight excluding hydrogens is 1060 g/mol. The molecule has 8 nitrogen and oxygen atoms in total. The van der Waals surface area contributed by atoms with Gasteiger partial charge in [-0.2, -0.15) is 0 Å². The Labute approximate surface area is 525 Å². The topological polar surface area (TPSA) is 105 Å². The third-order valence-corrected chi connectivity index (χ3v) is 18.7. The van der Waals surface area contributed by atoms with E-state index in [-0.39, 0.29) is 19.1 Å². The molecule has 500 valence electrons. The Morgan fingerprint density at radius 1 is 0.393 bits per heavy atom. The molecule has 0 radical (unpaired) electrons. The standard InChI is InChI=1S/C75H149N2O6P/c1-6-8-10-12-14-16-18-20-22-24-26-28-30-32-34-35-36-37-38-39-40-41-43-45-47-49-51-53-55-57-59-61-63-65-67-69-75(79)76-73(72-83-84(80,81)82-71-70-77(3,4)5)74(78)68-66-64-62-60-58-56-54-52-50-48-46-44-42-33-31-29-27-25-23-21-19-17-15-13-11-9-7-2/h58,60,66,68,73-74,78H,6-57,59,61-65,67,69-72H2,1-5H3,(H-,76,79,80,81)/p+1/b60-58+,68-66+. The molecule has 3 atom stereocenters. The van der Waals surface area contributed by atoms with Gasteiger partial charge in [0.2, 0.25) is 5.91 Å².